The molecule has 24 heavy (non-hydrogen) atoms. The lowest BCUT2D eigenvalue weighted by Crippen LogP contribution is -2.48. The van der Waals surface area contributed by atoms with Crippen LogP contribution in [0.15, 0.2) is 12.4 Å². The number of nitrogens with one attached hydrogen (secondary N) is 1. The normalized spacial score (nSPS) is 25.0. The summed E-state index contributed by atoms with van der Waals surface area (Å²) < 4.78 is 5.87. The second kappa shape index (κ2) is 7.79. The van der Waals surface area contributed by atoms with Gasteiger partial charge in [0.05, 0.1) is 18.7 Å². The monoisotopic (exact) mass is 333 g/mol. The predicted molar refractivity (Wildman–Crippen MR) is 93.2 cm³/mol. The number of hydrogen-bond acceptors (Lipinski definition) is 6. The number of amides is 1. The lowest BCUT2D eigenvalue weighted by Gasteiger charge is -2.34. The number of hydrogen-bond donors (Lipinski definition) is 1. The van der Waals surface area contributed by atoms with Crippen LogP contribution in [0, 0.1) is 0 Å². The van der Waals surface area contributed by atoms with E-state index in [0.29, 0.717) is 6.54 Å². The molecular weight excluding hydrogens is 306 g/mol. The number of carbonyl (C=O) groups is 1. The predicted octanol–water partition coefficient (Wildman–Crippen LogP) is 1.51. The molecular formula is C17H27N5O2. The molecule has 0 unspecified atom stereocenters. The van der Waals surface area contributed by atoms with E-state index in [1.165, 1.54) is 12.8 Å². The minimum atomic E-state index is 0.123. The molecule has 2 fully saturated rings. The average Bonchev–Trinajstić information content (AvgIpc) is 2.60. The van der Waals surface area contributed by atoms with Crippen molar-refractivity contribution in [3.05, 3.63) is 12.4 Å². The molecule has 1 amide bonds. The maximum atomic E-state index is 11.9. The highest BCUT2D eigenvalue weighted by molar-refractivity contribution is 5.82. The maximum absolute atomic E-state index is 11.9. The van der Waals surface area contributed by atoms with Crippen molar-refractivity contribution in [1.29, 1.82) is 0 Å². The minimum absolute atomic E-state index is 0.123. The highest BCUT2D eigenvalue weighted by Gasteiger charge is 2.26. The van der Waals surface area contributed by atoms with Crippen LogP contribution < -0.4 is 10.2 Å². The quantitative estimate of drug-likeness (QED) is 0.881. The molecule has 1 aromatic heterocycles. The van der Waals surface area contributed by atoms with Crippen LogP contribution in [0.2, 0.25) is 0 Å². The van der Waals surface area contributed by atoms with Crippen LogP contribution in [0.3, 0.4) is 0 Å². The summed E-state index contributed by atoms with van der Waals surface area (Å²) in [7, 11) is 1.84. The first-order valence-corrected chi connectivity index (χ1v) is 8.86. The molecule has 3 rings (SSSR count). The molecule has 2 heterocycles. The Bertz CT molecular complexity index is 566. The number of aromatic nitrogens is 2. The molecule has 1 aliphatic heterocycles. The van der Waals surface area contributed by atoms with Gasteiger partial charge in [0.25, 0.3) is 0 Å². The fourth-order valence-electron chi connectivity index (χ4n) is 3.42. The number of likely N-dealkylation sites (N-methyl/N-ethyl adjacent to an activating group) is 1. The van der Waals surface area contributed by atoms with Gasteiger partial charge in [-0.1, -0.05) is 12.8 Å². The molecule has 132 valence electrons. The third-order valence-electron chi connectivity index (χ3n) is 4.85. The number of piperazine rings is 1. The highest BCUT2D eigenvalue weighted by atomic mass is 16.5. The van der Waals surface area contributed by atoms with Crippen LogP contribution in [0.5, 0.6) is 0 Å². The fourth-order valence-corrected chi connectivity index (χ4v) is 3.42. The Morgan fingerprint density at radius 1 is 1.29 bits per heavy atom. The summed E-state index contributed by atoms with van der Waals surface area (Å²) in [6.07, 6.45) is 6.44. The van der Waals surface area contributed by atoms with Gasteiger partial charge in [0.1, 0.15) is 18.0 Å². The summed E-state index contributed by atoms with van der Waals surface area (Å²) in [6, 6.07) is 2.23. The molecule has 1 saturated heterocycles. The Morgan fingerprint density at radius 3 is 2.92 bits per heavy atom. The molecule has 0 aromatic carbocycles. The number of nitrogens with zero attached hydrogens (tertiary/aromatic N) is 4. The van der Waals surface area contributed by atoms with E-state index in [0.717, 1.165) is 44.2 Å². The third kappa shape index (κ3) is 3.95. The molecule has 2 atom stereocenters. The number of rotatable bonds is 5. The van der Waals surface area contributed by atoms with Gasteiger partial charge in [-0.05, 0) is 19.8 Å². The Morgan fingerprint density at radius 2 is 2.12 bits per heavy atom. The zero-order valence-corrected chi connectivity index (χ0v) is 14.6. The van der Waals surface area contributed by atoms with E-state index in [4.69, 9.17) is 4.74 Å². The van der Waals surface area contributed by atoms with Crippen LogP contribution in [0.25, 0.3) is 0 Å². The van der Waals surface area contributed by atoms with Crippen molar-refractivity contribution in [3.63, 3.8) is 0 Å². The van der Waals surface area contributed by atoms with Crippen molar-refractivity contribution in [2.75, 3.05) is 43.5 Å². The van der Waals surface area contributed by atoms with Crippen molar-refractivity contribution < 1.29 is 9.53 Å². The molecule has 2 aliphatic rings. The highest BCUT2D eigenvalue weighted by Crippen LogP contribution is 2.25. The van der Waals surface area contributed by atoms with E-state index in [9.17, 15) is 4.79 Å². The largest absolute Gasteiger partial charge is 0.376 e. The van der Waals surface area contributed by atoms with Gasteiger partial charge >= 0.3 is 0 Å². The smallest absolute Gasteiger partial charge is 0.241 e. The summed E-state index contributed by atoms with van der Waals surface area (Å²) in [6.45, 7) is 4.67. The summed E-state index contributed by atoms with van der Waals surface area (Å²) in [5, 5.41) is 3.52. The van der Waals surface area contributed by atoms with Gasteiger partial charge in [-0.3, -0.25) is 4.79 Å². The van der Waals surface area contributed by atoms with E-state index in [-0.39, 0.29) is 18.1 Å². The third-order valence-corrected chi connectivity index (χ3v) is 4.85. The van der Waals surface area contributed by atoms with Crippen LogP contribution >= 0.6 is 0 Å². The Balaban J connectivity index is 1.67. The molecule has 0 bridgehead atoms. The van der Waals surface area contributed by atoms with Gasteiger partial charge in [-0.25, -0.2) is 9.97 Å². The summed E-state index contributed by atoms with van der Waals surface area (Å²) in [4.78, 5) is 24.4. The molecule has 1 aliphatic carbocycles. The van der Waals surface area contributed by atoms with E-state index < -0.39 is 0 Å². The first-order chi connectivity index (χ1) is 11.7. The molecule has 1 saturated carbocycles. The van der Waals surface area contributed by atoms with Crippen molar-refractivity contribution >= 4 is 17.5 Å². The topological polar surface area (TPSA) is 70.6 Å². The minimum Gasteiger partial charge on any atom is -0.376 e. The second-order valence-corrected chi connectivity index (χ2v) is 6.53. The van der Waals surface area contributed by atoms with Crippen LogP contribution in [0.4, 0.5) is 11.6 Å². The van der Waals surface area contributed by atoms with Crippen molar-refractivity contribution in [3.8, 4) is 0 Å². The fraction of sp³-hybridized carbons (Fsp3) is 0.706. The SMILES string of the molecule is CCO[C@@H]1CCCC[C@H]1Nc1cc(N2CCN(C)C(=O)C2)ncn1. The number of ether oxygens (including phenoxy) is 1. The van der Waals surface area contributed by atoms with E-state index >= 15 is 0 Å². The van der Waals surface area contributed by atoms with Crippen LogP contribution in [0.1, 0.15) is 32.6 Å². The first kappa shape index (κ1) is 17.0. The van der Waals surface area contributed by atoms with Gasteiger partial charge in [0.2, 0.25) is 5.91 Å². The lowest BCUT2D eigenvalue weighted by molar-refractivity contribution is -0.129. The Hall–Kier alpha value is -1.89. The summed E-state index contributed by atoms with van der Waals surface area (Å²) >= 11 is 0. The van der Waals surface area contributed by atoms with Gasteiger partial charge < -0.3 is 19.9 Å². The maximum Gasteiger partial charge on any atom is 0.241 e. The molecule has 0 radical (unpaired) electrons. The Labute approximate surface area is 143 Å². The average molecular weight is 333 g/mol. The Kier molecular flexibility index (Phi) is 5.50. The van der Waals surface area contributed by atoms with E-state index in [1.54, 1.807) is 11.2 Å². The summed E-state index contributed by atoms with van der Waals surface area (Å²) in [5.41, 5.74) is 0. The lowest BCUT2D eigenvalue weighted by atomic mass is 9.92. The number of carbonyl (C=O) groups excluding carboxylic acids is 1. The number of anilines is 2. The van der Waals surface area contributed by atoms with Crippen LogP contribution in [-0.2, 0) is 9.53 Å². The van der Waals surface area contributed by atoms with Gasteiger partial charge in [0, 0.05) is 32.8 Å². The zero-order chi connectivity index (χ0) is 16.9. The second-order valence-electron chi connectivity index (χ2n) is 6.53. The molecule has 7 heteroatoms. The van der Waals surface area contributed by atoms with E-state index in [2.05, 4.69) is 15.3 Å². The van der Waals surface area contributed by atoms with Gasteiger partial charge in [0.15, 0.2) is 0 Å². The summed E-state index contributed by atoms with van der Waals surface area (Å²) in [5.74, 6) is 1.73. The van der Waals surface area contributed by atoms with E-state index in [1.807, 2.05) is 24.9 Å². The molecule has 7 nitrogen and oxygen atoms in total. The van der Waals surface area contributed by atoms with Crippen molar-refractivity contribution in [1.82, 2.24) is 14.9 Å². The van der Waals surface area contributed by atoms with Crippen LogP contribution in [-0.4, -0.2) is 66.2 Å². The zero-order valence-electron chi connectivity index (χ0n) is 14.6. The molecule has 0 spiro atoms. The first-order valence-electron chi connectivity index (χ1n) is 8.86. The van der Waals surface area contributed by atoms with Gasteiger partial charge in [-0.2, -0.15) is 0 Å². The van der Waals surface area contributed by atoms with Crippen molar-refractivity contribution in [2.45, 2.75) is 44.8 Å². The molecule has 1 N–H and O–H groups in total. The standard InChI is InChI=1S/C17H27N5O2/c1-3-24-14-7-5-4-6-13(14)20-15-10-16(19-12-18-15)22-9-8-21(2)17(23)11-22/h10,12-14H,3-9,11H2,1-2H3,(H,18,19,20)/t13-,14-/m1/s1. The molecule has 1 aromatic rings. The van der Waals surface area contributed by atoms with Crippen molar-refractivity contribution in [2.24, 2.45) is 0 Å². The van der Waals surface area contributed by atoms with Gasteiger partial charge in [-0.15, -0.1) is 0 Å².